The molecule has 0 spiro atoms. The maximum atomic E-state index is 11.9. The molecule has 160 valence electrons. The maximum Gasteiger partial charge on any atom is 0.407 e. The summed E-state index contributed by atoms with van der Waals surface area (Å²) in [6.07, 6.45) is 1.36. The molecule has 1 aromatic carbocycles. The molecule has 0 heterocycles. The number of carbonyl (C=O) groups excluding carboxylic acids is 4. The van der Waals surface area contributed by atoms with Crippen molar-refractivity contribution in [2.75, 3.05) is 20.8 Å². The van der Waals surface area contributed by atoms with Crippen molar-refractivity contribution in [3.8, 4) is 0 Å². The van der Waals surface area contributed by atoms with Gasteiger partial charge in [0.25, 0.3) is 0 Å². The second-order valence-electron chi connectivity index (χ2n) is 6.22. The van der Waals surface area contributed by atoms with Crippen molar-refractivity contribution in [3.63, 3.8) is 0 Å². The van der Waals surface area contributed by atoms with Crippen molar-refractivity contribution in [2.45, 2.75) is 44.8 Å². The molecule has 0 aliphatic carbocycles. The number of methoxy groups -OCH3 is 2. The van der Waals surface area contributed by atoms with Gasteiger partial charge in [-0.05, 0) is 18.4 Å². The third-order valence-corrected chi connectivity index (χ3v) is 3.98. The summed E-state index contributed by atoms with van der Waals surface area (Å²) in [4.78, 5) is 46.5. The lowest BCUT2D eigenvalue weighted by atomic mass is 10.1. The van der Waals surface area contributed by atoms with Gasteiger partial charge >= 0.3 is 18.0 Å². The second kappa shape index (κ2) is 14.0. The van der Waals surface area contributed by atoms with E-state index in [1.54, 1.807) is 0 Å². The number of hydrogen-bond donors (Lipinski definition) is 2. The normalized spacial score (nSPS) is 11.1. The van der Waals surface area contributed by atoms with Crippen LogP contribution in [0.2, 0.25) is 0 Å². The molecule has 0 saturated heterocycles. The Kier molecular flexibility index (Phi) is 11.5. The molecule has 1 atom stereocenters. The average molecular weight is 408 g/mol. The lowest BCUT2D eigenvalue weighted by molar-refractivity contribution is -0.150. The summed E-state index contributed by atoms with van der Waals surface area (Å²) < 4.78 is 14.2. The number of amides is 2. The highest BCUT2D eigenvalue weighted by Crippen LogP contribution is 2.03. The fraction of sp³-hybridized carbons (Fsp3) is 0.500. The Bertz CT molecular complexity index is 664. The number of ether oxygens (including phenoxy) is 3. The third-order valence-electron chi connectivity index (χ3n) is 3.98. The number of unbranched alkanes of at least 4 members (excludes halogenated alkanes) is 2. The summed E-state index contributed by atoms with van der Waals surface area (Å²) in [6.45, 7) is 0.641. The highest BCUT2D eigenvalue weighted by atomic mass is 16.5. The molecule has 29 heavy (non-hydrogen) atoms. The van der Waals surface area contributed by atoms with Crippen LogP contribution in [0.5, 0.6) is 0 Å². The zero-order valence-corrected chi connectivity index (χ0v) is 16.8. The number of alkyl carbamates (subject to hydrolysis) is 1. The molecule has 1 rings (SSSR count). The van der Waals surface area contributed by atoms with Crippen LogP contribution in [-0.4, -0.2) is 50.7 Å². The molecule has 0 aliphatic heterocycles. The van der Waals surface area contributed by atoms with E-state index in [0.29, 0.717) is 25.8 Å². The summed E-state index contributed by atoms with van der Waals surface area (Å²) in [6, 6.07) is 8.30. The Balaban J connectivity index is 2.14. The summed E-state index contributed by atoms with van der Waals surface area (Å²) in [5, 5.41) is 5.12. The first-order chi connectivity index (χ1) is 14.0. The Morgan fingerprint density at radius 3 is 2.34 bits per heavy atom. The summed E-state index contributed by atoms with van der Waals surface area (Å²) >= 11 is 0. The number of esters is 2. The Labute approximate surface area is 170 Å². The van der Waals surface area contributed by atoms with Crippen molar-refractivity contribution >= 4 is 23.9 Å². The van der Waals surface area contributed by atoms with E-state index in [-0.39, 0.29) is 25.4 Å². The highest BCUT2D eigenvalue weighted by molar-refractivity contribution is 5.87. The van der Waals surface area contributed by atoms with Crippen LogP contribution in [-0.2, 0) is 35.2 Å². The Hall–Kier alpha value is -3.10. The average Bonchev–Trinajstić information content (AvgIpc) is 2.74. The topological polar surface area (TPSA) is 120 Å². The van der Waals surface area contributed by atoms with Crippen molar-refractivity contribution in [2.24, 2.45) is 0 Å². The van der Waals surface area contributed by atoms with E-state index < -0.39 is 24.1 Å². The molecule has 2 amide bonds. The molecule has 9 heteroatoms. The van der Waals surface area contributed by atoms with Gasteiger partial charge in [-0.2, -0.15) is 0 Å². The van der Waals surface area contributed by atoms with E-state index in [9.17, 15) is 19.2 Å². The largest absolute Gasteiger partial charge is 0.469 e. The molecule has 0 unspecified atom stereocenters. The predicted octanol–water partition coefficient (Wildman–Crippen LogP) is 1.69. The van der Waals surface area contributed by atoms with Crippen molar-refractivity contribution in [3.05, 3.63) is 35.9 Å². The van der Waals surface area contributed by atoms with E-state index in [2.05, 4.69) is 20.1 Å². The number of nitrogens with one attached hydrogen (secondary N) is 2. The van der Waals surface area contributed by atoms with Crippen LogP contribution in [0.3, 0.4) is 0 Å². The number of carbonyl (C=O) groups is 4. The van der Waals surface area contributed by atoms with Crippen LogP contribution in [0.15, 0.2) is 30.3 Å². The molecule has 0 radical (unpaired) electrons. The SMILES string of the molecule is COC(=O)C[C@H](NC(=O)CCCCCNC(=O)OCc1ccccc1)C(=O)OC. The first kappa shape index (κ1) is 23.9. The van der Waals surface area contributed by atoms with Crippen LogP contribution < -0.4 is 10.6 Å². The van der Waals surface area contributed by atoms with Crippen LogP contribution in [0.4, 0.5) is 4.79 Å². The summed E-state index contributed by atoms with van der Waals surface area (Å²) in [7, 11) is 2.38. The van der Waals surface area contributed by atoms with Gasteiger partial charge in [-0.15, -0.1) is 0 Å². The number of hydrogen-bond acceptors (Lipinski definition) is 7. The monoisotopic (exact) mass is 408 g/mol. The predicted molar refractivity (Wildman–Crippen MR) is 104 cm³/mol. The molecule has 0 aromatic heterocycles. The van der Waals surface area contributed by atoms with Crippen LogP contribution in [0.25, 0.3) is 0 Å². The quantitative estimate of drug-likeness (QED) is 0.307. The van der Waals surface area contributed by atoms with Crippen LogP contribution in [0, 0.1) is 0 Å². The van der Waals surface area contributed by atoms with E-state index in [1.807, 2.05) is 30.3 Å². The minimum Gasteiger partial charge on any atom is -0.469 e. The van der Waals surface area contributed by atoms with E-state index >= 15 is 0 Å². The lowest BCUT2D eigenvalue weighted by Gasteiger charge is -2.15. The zero-order valence-electron chi connectivity index (χ0n) is 16.8. The van der Waals surface area contributed by atoms with E-state index in [0.717, 1.165) is 5.56 Å². The van der Waals surface area contributed by atoms with Gasteiger partial charge in [0.1, 0.15) is 12.6 Å². The molecule has 0 bridgehead atoms. The molecule has 0 aliphatic rings. The fourth-order valence-electron chi connectivity index (χ4n) is 2.40. The smallest absolute Gasteiger partial charge is 0.407 e. The summed E-state index contributed by atoms with van der Waals surface area (Å²) in [5.41, 5.74) is 0.908. The molecule has 9 nitrogen and oxygen atoms in total. The maximum absolute atomic E-state index is 11.9. The first-order valence-electron chi connectivity index (χ1n) is 9.34. The van der Waals surface area contributed by atoms with E-state index in [1.165, 1.54) is 14.2 Å². The van der Waals surface area contributed by atoms with Gasteiger partial charge in [-0.1, -0.05) is 36.8 Å². The summed E-state index contributed by atoms with van der Waals surface area (Å²) in [5.74, 6) is -1.69. The minimum absolute atomic E-state index is 0.188. The van der Waals surface area contributed by atoms with Crippen molar-refractivity contribution in [1.82, 2.24) is 10.6 Å². The molecule has 2 N–H and O–H groups in total. The highest BCUT2D eigenvalue weighted by Gasteiger charge is 2.24. The molecule has 0 fully saturated rings. The minimum atomic E-state index is -1.07. The molecular weight excluding hydrogens is 380 g/mol. The van der Waals surface area contributed by atoms with Gasteiger partial charge in [-0.25, -0.2) is 9.59 Å². The van der Waals surface area contributed by atoms with E-state index in [4.69, 9.17) is 4.74 Å². The molecule has 1 aromatic rings. The fourth-order valence-corrected chi connectivity index (χ4v) is 2.40. The van der Waals surface area contributed by atoms with Crippen molar-refractivity contribution < 1.29 is 33.4 Å². The van der Waals surface area contributed by atoms with Gasteiger partial charge in [0, 0.05) is 13.0 Å². The molecular formula is C20H28N2O7. The second-order valence-corrected chi connectivity index (χ2v) is 6.22. The third kappa shape index (κ3) is 10.7. The lowest BCUT2D eigenvalue weighted by Crippen LogP contribution is -2.43. The van der Waals surface area contributed by atoms with Gasteiger partial charge in [-0.3, -0.25) is 9.59 Å². The first-order valence-corrected chi connectivity index (χ1v) is 9.34. The Morgan fingerprint density at radius 1 is 0.966 bits per heavy atom. The van der Waals surface area contributed by atoms with Gasteiger partial charge in [0.05, 0.1) is 20.6 Å². The van der Waals surface area contributed by atoms with Gasteiger partial charge in [0.15, 0.2) is 0 Å². The number of rotatable bonds is 12. The van der Waals surface area contributed by atoms with Crippen LogP contribution in [0.1, 0.15) is 37.7 Å². The zero-order chi connectivity index (χ0) is 21.5. The van der Waals surface area contributed by atoms with Crippen LogP contribution >= 0.6 is 0 Å². The van der Waals surface area contributed by atoms with Gasteiger partial charge in [0.2, 0.25) is 5.91 Å². The van der Waals surface area contributed by atoms with Gasteiger partial charge < -0.3 is 24.8 Å². The standard InChI is InChI=1S/C20H28N2O7/c1-27-18(24)13-16(19(25)28-2)22-17(23)11-7-4-8-12-21-20(26)29-14-15-9-5-3-6-10-15/h3,5-6,9-10,16H,4,7-8,11-14H2,1-2H3,(H,21,26)(H,22,23)/t16-/m0/s1. The number of benzene rings is 1. The molecule has 0 saturated carbocycles. The van der Waals surface area contributed by atoms with Crippen molar-refractivity contribution in [1.29, 1.82) is 0 Å². The Morgan fingerprint density at radius 2 is 1.69 bits per heavy atom.